The summed E-state index contributed by atoms with van der Waals surface area (Å²) in [4.78, 5) is 11.9. The number of nitrogen functional groups attached to an aromatic ring is 1. The molecule has 5 heteroatoms. The summed E-state index contributed by atoms with van der Waals surface area (Å²) >= 11 is 0. The summed E-state index contributed by atoms with van der Waals surface area (Å²) in [7, 11) is 0. The Labute approximate surface area is 143 Å². The summed E-state index contributed by atoms with van der Waals surface area (Å²) in [6.45, 7) is 5.18. The Morgan fingerprint density at radius 1 is 1.17 bits per heavy atom. The summed E-state index contributed by atoms with van der Waals surface area (Å²) in [6, 6.07) is 14.9. The summed E-state index contributed by atoms with van der Waals surface area (Å²) in [5.74, 6) is 1.17. The number of benzene rings is 2. The fourth-order valence-corrected chi connectivity index (χ4v) is 2.06. The Kier molecular flexibility index (Phi) is 7.42. The van der Waals surface area contributed by atoms with E-state index in [0.717, 1.165) is 5.75 Å². The van der Waals surface area contributed by atoms with Crippen LogP contribution < -0.4 is 15.8 Å². The summed E-state index contributed by atoms with van der Waals surface area (Å²) in [5.41, 5.74) is 8.07. The lowest BCUT2D eigenvalue weighted by Gasteiger charge is -2.10. The second-order valence-electron chi connectivity index (χ2n) is 5.45. The largest absolute Gasteiger partial charge is 0.492 e. The third kappa shape index (κ3) is 5.83. The van der Waals surface area contributed by atoms with Crippen LogP contribution in [0.2, 0.25) is 0 Å². The van der Waals surface area contributed by atoms with Crippen molar-refractivity contribution >= 4 is 24.0 Å². The van der Waals surface area contributed by atoms with E-state index in [-0.39, 0.29) is 18.3 Å². The third-order valence-corrected chi connectivity index (χ3v) is 3.35. The molecule has 4 nitrogen and oxygen atoms in total. The number of ether oxygens (including phenoxy) is 1. The average Bonchev–Trinajstić information content (AvgIpc) is 2.51. The Balaban J connectivity index is 0.00000264. The van der Waals surface area contributed by atoms with Crippen molar-refractivity contribution in [2.75, 3.05) is 18.9 Å². The van der Waals surface area contributed by atoms with Gasteiger partial charge < -0.3 is 15.8 Å². The third-order valence-electron chi connectivity index (χ3n) is 3.35. The van der Waals surface area contributed by atoms with E-state index in [2.05, 4.69) is 31.3 Å². The van der Waals surface area contributed by atoms with Gasteiger partial charge in [0.15, 0.2) is 0 Å². The van der Waals surface area contributed by atoms with Crippen LogP contribution in [0.4, 0.5) is 5.69 Å². The molecule has 0 saturated heterocycles. The molecule has 0 bridgehead atoms. The molecule has 2 aromatic rings. The first-order valence-corrected chi connectivity index (χ1v) is 7.43. The minimum atomic E-state index is -0.147. The molecular formula is C18H23ClN2O2. The maximum atomic E-state index is 11.9. The Bertz CT molecular complexity index is 627. The van der Waals surface area contributed by atoms with Crippen LogP contribution in [0.5, 0.6) is 5.75 Å². The van der Waals surface area contributed by atoms with Crippen molar-refractivity contribution in [2.24, 2.45) is 0 Å². The number of carbonyl (C=O) groups excluding carboxylic acids is 1. The maximum Gasteiger partial charge on any atom is 0.251 e. The van der Waals surface area contributed by atoms with Crippen molar-refractivity contribution in [3.63, 3.8) is 0 Å². The average molecular weight is 335 g/mol. The van der Waals surface area contributed by atoms with Crippen molar-refractivity contribution in [3.05, 3.63) is 59.7 Å². The normalized spacial score (nSPS) is 10.0. The molecule has 0 heterocycles. The number of nitrogens with one attached hydrogen (secondary N) is 1. The number of nitrogens with two attached hydrogens (primary N) is 1. The van der Waals surface area contributed by atoms with Gasteiger partial charge in [-0.1, -0.05) is 32.0 Å². The van der Waals surface area contributed by atoms with Gasteiger partial charge in [-0.05, 0) is 41.8 Å². The quantitative estimate of drug-likeness (QED) is 0.626. The highest BCUT2D eigenvalue weighted by atomic mass is 35.5. The SMILES string of the molecule is CC(C)c1ccc(OCCNC(=O)c2cccc(N)c2)cc1.Cl. The van der Waals surface area contributed by atoms with E-state index >= 15 is 0 Å². The van der Waals surface area contributed by atoms with Crippen LogP contribution in [0, 0.1) is 0 Å². The van der Waals surface area contributed by atoms with Gasteiger partial charge in [0.1, 0.15) is 12.4 Å². The van der Waals surface area contributed by atoms with E-state index in [1.54, 1.807) is 24.3 Å². The van der Waals surface area contributed by atoms with E-state index in [4.69, 9.17) is 10.5 Å². The molecule has 124 valence electrons. The molecule has 2 aromatic carbocycles. The number of carbonyl (C=O) groups is 1. The Morgan fingerprint density at radius 2 is 1.87 bits per heavy atom. The number of rotatable bonds is 6. The van der Waals surface area contributed by atoms with Gasteiger partial charge in [-0.15, -0.1) is 12.4 Å². The fraction of sp³-hybridized carbons (Fsp3) is 0.278. The van der Waals surface area contributed by atoms with Crippen molar-refractivity contribution in [1.82, 2.24) is 5.32 Å². The summed E-state index contributed by atoms with van der Waals surface area (Å²) in [6.07, 6.45) is 0. The zero-order valence-corrected chi connectivity index (χ0v) is 14.2. The molecule has 0 atom stereocenters. The highest BCUT2D eigenvalue weighted by Crippen LogP contribution is 2.18. The highest BCUT2D eigenvalue weighted by Gasteiger charge is 2.05. The Hall–Kier alpha value is -2.20. The van der Waals surface area contributed by atoms with Gasteiger partial charge in [0.2, 0.25) is 0 Å². The summed E-state index contributed by atoms with van der Waals surface area (Å²) in [5, 5.41) is 2.81. The molecule has 3 N–H and O–H groups in total. The number of anilines is 1. The predicted molar refractivity (Wildman–Crippen MR) is 96.5 cm³/mol. The van der Waals surface area contributed by atoms with Crippen LogP contribution in [0.3, 0.4) is 0 Å². The molecular weight excluding hydrogens is 312 g/mol. The molecule has 0 aromatic heterocycles. The molecule has 0 saturated carbocycles. The van der Waals surface area contributed by atoms with Crippen LogP contribution in [-0.4, -0.2) is 19.1 Å². The van der Waals surface area contributed by atoms with E-state index in [1.807, 2.05) is 12.1 Å². The molecule has 0 fully saturated rings. The molecule has 0 unspecified atom stereocenters. The zero-order chi connectivity index (χ0) is 15.9. The van der Waals surface area contributed by atoms with E-state index < -0.39 is 0 Å². The first-order chi connectivity index (χ1) is 10.6. The molecule has 0 aliphatic heterocycles. The monoisotopic (exact) mass is 334 g/mol. The Morgan fingerprint density at radius 3 is 2.48 bits per heavy atom. The molecule has 0 spiro atoms. The topological polar surface area (TPSA) is 64.3 Å². The lowest BCUT2D eigenvalue weighted by atomic mass is 10.0. The number of halogens is 1. The van der Waals surface area contributed by atoms with Crippen LogP contribution >= 0.6 is 12.4 Å². The van der Waals surface area contributed by atoms with Gasteiger partial charge in [-0.25, -0.2) is 0 Å². The molecule has 1 amide bonds. The highest BCUT2D eigenvalue weighted by molar-refractivity contribution is 5.94. The van der Waals surface area contributed by atoms with Gasteiger partial charge in [0, 0.05) is 11.3 Å². The molecule has 0 radical (unpaired) electrons. The minimum absolute atomic E-state index is 0. The number of hydrogen-bond donors (Lipinski definition) is 2. The van der Waals surface area contributed by atoms with Gasteiger partial charge in [0.25, 0.3) is 5.91 Å². The maximum absolute atomic E-state index is 11.9. The van der Waals surface area contributed by atoms with Gasteiger partial charge in [-0.2, -0.15) is 0 Å². The van der Waals surface area contributed by atoms with Gasteiger partial charge in [0.05, 0.1) is 6.54 Å². The van der Waals surface area contributed by atoms with Crippen LogP contribution in [0.1, 0.15) is 35.7 Å². The van der Waals surface area contributed by atoms with Gasteiger partial charge in [-0.3, -0.25) is 4.79 Å². The van der Waals surface area contributed by atoms with Crippen LogP contribution in [0.15, 0.2) is 48.5 Å². The molecule has 23 heavy (non-hydrogen) atoms. The lowest BCUT2D eigenvalue weighted by molar-refractivity contribution is 0.0947. The fourth-order valence-electron chi connectivity index (χ4n) is 2.06. The molecule has 0 aliphatic rings. The van der Waals surface area contributed by atoms with Gasteiger partial charge >= 0.3 is 0 Å². The first kappa shape index (κ1) is 18.8. The first-order valence-electron chi connectivity index (χ1n) is 7.43. The number of amides is 1. The molecule has 0 aliphatic carbocycles. The minimum Gasteiger partial charge on any atom is -0.492 e. The van der Waals surface area contributed by atoms with E-state index in [1.165, 1.54) is 5.56 Å². The summed E-state index contributed by atoms with van der Waals surface area (Å²) < 4.78 is 5.61. The second kappa shape index (κ2) is 9.06. The van der Waals surface area contributed by atoms with Crippen LogP contribution in [-0.2, 0) is 0 Å². The zero-order valence-electron chi connectivity index (χ0n) is 13.4. The van der Waals surface area contributed by atoms with Crippen molar-refractivity contribution in [1.29, 1.82) is 0 Å². The second-order valence-corrected chi connectivity index (χ2v) is 5.45. The number of hydrogen-bond acceptors (Lipinski definition) is 3. The molecule has 2 rings (SSSR count). The van der Waals surface area contributed by atoms with E-state index in [0.29, 0.717) is 30.3 Å². The van der Waals surface area contributed by atoms with Crippen LogP contribution in [0.25, 0.3) is 0 Å². The smallest absolute Gasteiger partial charge is 0.251 e. The van der Waals surface area contributed by atoms with Crippen molar-refractivity contribution < 1.29 is 9.53 Å². The lowest BCUT2D eigenvalue weighted by Crippen LogP contribution is -2.28. The van der Waals surface area contributed by atoms with Crippen molar-refractivity contribution in [3.8, 4) is 5.75 Å². The standard InChI is InChI=1S/C18H22N2O2.ClH/c1-13(2)14-6-8-17(9-7-14)22-11-10-20-18(21)15-4-3-5-16(19)12-15;/h3-9,12-13H,10-11,19H2,1-2H3,(H,20,21);1H. The van der Waals surface area contributed by atoms with Crippen molar-refractivity contribution in [2.45, 2.75) is 19.8 Å². The predicted octanol–water partition coefficient (Wildman–Crippen LogP) is 3.62. The van der Waals surface area contributed by atoms with E-state index in [9.17, 15) is 4.79 Å².